The van der Waals surface area contributed by atoms with Crippen molar-refractivity contribution in [3.05, 3.63) is 29.8 Å². The van der Waals surface area contributed by atoms with Gasteiger partial charge in [-0.3, -0.25) is 0 Å². The maximum absolute atomic E-state index is 10.1. The van der Waals surface area contributed by atoms with E-state index in [0.717, 1.165) is 0 Å². The maximum Gasteiger partial charge on any atom is 0.129 e. The fourth-order valence-corrected chi connectivity index (χ4v) is 0.533. The van der Waals surface area contributed by atoms with Crippen molar-refractivity contribution in [3.63, 3.8) is 0 Å². The molecule has 3 heteroatoms. The zero-order valence-corrected chi connectivity index (χ0v) is 8.08. The van der Waals surface area contributed by atoms with E-state index in [0.29, 0.717) is 11.8 Å². The van der Waals surface area contributed by atoms with Gasteiger partial charge in [-0.2, -0.15) is 18.2 Å². The normalized spacial score (nSPS) is 8.00. The predicted molar refractivity (Wildman–Crippen MR) is 32.3 cm³/mol. The summed E-state index contributed by atoms with van der Waals surface area (Å²) in [4.78, 5) is 10.1. The molecule has 0 fully saturated rings. The average Bonchev–Trinajstić information content (AvgIpc) is 1.89. The van der Waals surface area contributed by atoms with Gasteiger partial charge in [-0.05, 0) is 0 Å². The van der Waals surface area contributed by atoms with Crippen LogP contribution < -0.4 is 0 Å². The van der Waals surface area contributed by atoms with Gasteiger partial charge >= 0.3 is 0 Å². The molecule has 1 aromatic rings. The molecule has 0 unspecified atom stereocenters. The van der Waals surface area contributed by atoms with E-state index in [1.807, 2.05) is 0 Å². The van der Waals surface area contributed by atoms with Gasteiger partial charge in [-0.1, -0.05) is 5.56 Å². The van der Waals surface area contributed by atoms with Crippen molar-refractivity contribution in [2.45, 2.75) is 0 Å². The van der Waals surface area contributed by atoms with E-state index in [9.17, 15) is 4.79 Å². The van der Waals surface area contributed by atoms with Gasteiger partial charge in [-0.25, -0.2) is 0 Å². The van der Waals surface area contributed by atoms with Crippen molar-refractivity contribution in [2.75, 3.05) is 0 Å². The molecule has 1 N–H and O–H groups in total. The molecule has 0 bridgehead atoms. The predicted octanol–water partition coefficient (Wildman–Crippen LogP) is 1.00. The summed E-state index contributed by atoms with van der Waals surface area (Å²) in [6.45, 7) is 0. The molecule has 0 saturated heterocycles. The number of carbonyl (C=O) groups excluding carboxylic acids is 1. The summed E-state index contributed by atoms with van der Waals surface area (Å²) in [5, 5.41) is 8.85. The van der Waals surface area contributed by atoms with E-state index < -0.39 is 0 Å². The maximum atomic E-state index is 10.1. The Balaban J connectivity index is 0.000000810. The number of hydrogen-bond acceptors (Lipinski definition) is 2. The van der Waals surface area contributed by atoms with E-state index in [1.54, 1.807) is 6.07 Å². The molecular formula is C7H5O2Y-. The molecule has 10 heavy (non-hydrogen) atoms. The molecule has 0 spiro atoms. The Labute approximate surface area is 84.1 Å². The van der Waals surface area contributed by atoms with Crippen molar-refractivity contribution in [3.8, 4) is 5.75 Å². The number of phenolic OH excluding ortho intramolecular Hbond substituents is 1. The summed E-state index contributed by atoms with van der Waals surface area (Å²) in [5.41, 5.74) is 0.300. The van der Waals surface area contributed by atoms with Crippen LogP contribution in [0.3, 0.4) is 0 Å². The SMILES string of the molecule is O=Cc1cc[c-]cc1O.[Y]. The molecule has 2 nitrogen and oxygen atoms in total. The third kappa shape index (κ3) is 2.20. The van der Waals surface area contributed by atoms with Gasteiger partial charge in [0.25, 0.3) is 0 Å². The summed E-state index contributed by atoms with van der Waals surface area (Å²) in [6.07, 6.45) is 0.600. The molecule has 0 amide bonds. The molecule has 0 aliphatic carbocycles. The van der Waals surface area contributed by atoms with E-state index in [2.05, 4.69) is 6.07 Å². The molecule has 1 rings (SSSR count). The second kappa shape index (κ2) is 4.58. The number of phenols is 1. The largest absolute Gasteiger partial charge is 0.565 e. The Morgan fingerprint density at radius 3 is 2.70 bits per heavy atom. The first kappa shape index (κ1) is 9.79. The van der Waals surface area contributed by atoms with Crippen LogP contribution in [-0.4, -0.2) is 11.4 Å². The van der Waals surface area contributed by atoms with Gasteiger partial charge in [0.05, 0.1) is 0 Å². The van der Waals surface area contributed by atoms with Crippen LogP contribution in [0, 0.1) is 6.07 Å². The Kier molecular flexibility index (Phi) is 4.49. The Hall–Kier alpha value is -0.206. The molecule has 0 atom stereocenters. The molecule has 0 saturated carbocycles. The number of aromatic hydroxyl groups is 1. The standard InChI is InChI=1S/C7H5O2.Y/c8-5-6-3-1-2-4-7(6)9;/h1,3-5,9H;/q-1;. The van der Waals surface area contributed by atoms with Crippen molar-refractivity contribution in [1.82, 2.24) is 0 Å². The van der Waals surface area contributed by atoms with Crippen molar-refractivity contribution < 1.29 is 42.6 Å². The van der Waals surface area contributed by atoms with Crippen LogP contribution in [0.15, 0.2) is 18.2 Å². The van der Waals surface area contributed by atoms with Gasteiger partial charge in [0, 0.05) is 38.5 Å². The Morgan fingerprint density at radius 2 is 2.30 bits per heavy atom. The zero-order valence-electron chi connectivity index (χ0n) is 5.24. The minimum absolute atomic E-state index is 0. The summed E-state index contributed by atoms with van der Waals surface area (Å²) in [6, 6.07) is 7.05. The summed E-state index contributed by atoms with van der Waals surface area (Å²) < 4.78 is 0. The van der Waals surface area contributed by atoms with E-state index in [1.165, 1.54) is 12.1 Å². The smallest absolute Gasteiger partial charge is 0.129 e. The first-order valence-electron chi connectivity index (χ1n) is 2.49. The molecule has 0 heterocycles. The van der Waals surface area contributed by atoms with Crippen LogP contribution >= 0.6 is 0 Å². The van der Waals surface area contributed by atoms with Crippen LogP contribution in [0.2, 0.25) is 0 Å². The Morgan fingerprint density at radius 1 is 1.60 bits per heavy atom. The van der Waals surface area contributed by atoms with Gasteiger partial charge in [0.15, 0.2) is 0 Å². The first-order chi connectivity index (χ1) is 4.34. The second-order valence-electron chi connectivity index (χ2n) is 1.60. The molecule has 49 valence electrons. The zero-order chi connectivity index (χ0) is 6.69. The van der Waals surface area contributed by atoms with E-state index in [4.69, 9.17) is 5.11 Å². The van der Waals surface area contributed by atoms with Crippen molar-refractivity contribution in [1.29, 1.82) is 0 Å². The van der Waals surface area contributed by atoms with Crippen molar-refractivity contribution >= 4 is 6.29 Å². The van der Waals surface area contributed by atoms with Gasteiger partial charge in [0.2, 0.25) is 0 Å². The number of carbonyl (C=O) groups is 1. The number of rotatable bonds is 1. The van der Waals surface area contributed by atoms with Gasteiger partial charge in [-0.15, -0.1) is 6.07 Å². The van der Waals surface area contributed by atoms with Crippen LogP contribution in [0.1, 0.15) is 10.4 Å². The Bertz CT molecular complexity index is 223. The fourth-order valence-electron chi connectivity index (χ4n) is 0.533. The summed E-state index contributed by atoms with van der Waals surface area (Å²) in [7, 11) is 0. The fraction of sp³-hybridized carbons (Fsp3) is 0. The quantitative estimate of drug-likeness (QED) is 0.554. The molecule has 1 aromatic carbocycles. The van der Waals surface area contributed by atoms with Crippen LogP contribution in [0.25, 0.3) is 0 Å². The minimum atomic E-state index is -0.0208. The molecular weight excluding hydrogens is 205 g/mol. The van der Waals surface area contributed by atoms with Gasteiger partial charge in [0.1, 0.15) is 6.29 Å². The van der Waals surface area contributed by atoms with E-state index >= 15 is 0 Å². The number of hydrogen-bond donors (Lipinski definition) is 1. The minimum Gasteiger partial charge on any atom is -0.565 e. The summed E-state index contributed by atoms with van der Waals surface area (Å²) >= 11 is 0. The molecule has 1 radical (unpaired) electrons. The number of aldehydes is 1. The van der Waals surface area contributed by atoms with Crippen LogP contribution in [0.5, 0.6) is 5.75 Å². The second-order valence-corrected chi connectivity index (χ2v) is 1.60. The van der Waals surface area contributed by atoms with E-state index in [-0.39, 0.29) is 38.5 Å². The summed E-state index contributed by atoms with van der Waals surface area (Å²) in [5.74, 6) is -0.0208. The average molecular weight is 210 g/mol. The third-order valence-electron chi connectivity index (χ3n) is 1.00. The van der Waals surface area contributed by atoms with Crippen molar-refractivity contribution in [2.24, 2.45) is 0 Å². The topological polar surface area (TPSA) is 37.3 Å². The third-order valence-corrected chi connectivity index (χ3v) is 1.00. The molecule has 0 aliphatic rings. The first-order valence-corrected chi connectivity index (χ1v) is 2.49. The van der Waals surface area contributed by atoms with Gasteiger partial charge < -0.3 is 9.90 Å². The number of benzene rings is 1. The monoisotopic (exact) mass is 210 g/mol. The molecule has 0 aliphatic heterocycles. The van der Waals surface area contributed by atoms with Crippen LogP contribution in [0.4, 0.5) is 0 Å². The van der Waals surface area contributed by atoms with Crippen LogP contribution in [-0.2, 0) is 32.7 Å². The molecule has 0 aromatic heterocycles.